The number of amides is 1. The van der Waals surface area contributed by atoms with Crippen LogP contribution in [0.1, 0.15) is 41.4 Å². The van der Waals surface area contributed by atoms with Crippen LogP contribution in [0.25, 0.3) is 0 Å². The Morgan fingerprint density at radius 2 is 1.37 bits per heavy atom. The molecule has 2 unspecified atom stereocenters. The van der Waals surface area contributed by atoms with Gasteiger partial charge in [-0.05, 0) is 34.4 Å². The van der Waals surface area contributed by atoms with E-state index in [1.807, 2.05) is 0 Å². The summed E-state index contributed by atoms with van der Waals surface area (Å²) in [5, 5.41) is 2.64. The summed E-state index contributed by atoms with van der Waals surface area (Å²) in [6.45, 7) is 1.28. The number of hydrogen-bond donors (Lipinski definition) is 1. The molecule has 2 aliphatic rings. The molecule has 1 heterocycles. The molecule has 1 N–H and O–H groups in total. The van der Waals surface area contributed by atoms with Crippen LogP contribution in [0, 0.1) is 0 Å². The van der Waals surface area contributed by atoms with Crippen molar-refractivity contribution in [3.63, 3.8) is 0 Å². The van der Waals surface area contributed by atoms with E-state index in [1.165, 1.54) is 19.1 Å². The van der Waals surface area contributed by atoms with E-state index in [2.05, 4.69) is 8.95 Å². The molecule has 1 amide bonds. The minimum atomic E-state index is -4.97. The third kappa shape index (κ3) is 5.66. The molecular weight excluding hydrogens is 512 g/mol. The molecule has 4 rings (SSSR count). The average molecular weight is 524 g/mol. The fraction of sp³-hybridized carbons (Fsp3) is 0.188. The minimum Gasteiger partial charge on any atom is -0.325 e. The Labute approximate surface area is 263 Å². The standard InChI is InChI=1S/C16H12ClNO8S2.2K/c1-8(19)18-14-7-12-11(6-13(14)17)15-9-4-2-3-5-10(9)16(12)25-28(22,23)26-27(20,21)24-15;;/h2-7,15-16H,1H3,(H,18,19);;. The van der Waals surface area contributed by atoms with Gasteiger partial charge in [0.15, 0.2) is 0 Å². The summed E-state index contributed by atoms with van der Waals surface area (Å²) in [4.78, 5) is 11.4. The molecule has 2 radical (unpaired) electrons. The predicted molar refractivity (Wildman–Crippen MR) is 108 cm³/mol. The van der Waals surface area contributed by atoms with E-state index < -0.39 is 38.9 Å². The SMILES string of the molecule is CC(=O)Nc1cc2c(cc1Cl)C1OS(=O)(=O)OS(=O)(=O)OC2c2ccccc21.[K].[K]. The summed E-state index contributed by atoms with van der Waals surface area (Å²) in [7, 11) is -9.93. The van der Waals surface area contributed by atoms with Crippen LogP contribution in [0.4, 0.5) is 5.69 Å². The number of nitrogens with one attached hydrogen (secondary N) is 1. The normalized spacial score (nSPS) is 22.6. The molecule has 0 saturated heterocycles. The molecule has 2 bridgehead atoms. The van der Waals surface area contributed by atoms with Crippen LogP contribution in [0.15, 0.2) is 36.4 Å². The Balaban J connectivity index is 0.00000160. The van der Waals surface area contributed by atoms with Crippen molar-refractivity contribution < 1.29 is 33.6 Å². The Kier molecular flexibility index (Phi) is 9.40. The Hall–Kier alpha value is 1.25. The molecule has 2 aromatic rings. The summed E-state index contributed by atoms with van der Waals surface area (Å²) < 4.78 is 62.7. The first-order valence-electron chi connectivity index (χ1n) is 7.83. The molecule has 150 valence electrons. The van der Waals surface area contributed by atoms with Crippen molar-refractivity contribution in [2.75, 3.05) is 5.32 Å². The number of rotatable bonds is 1. The van der Waals surface area contributed by atoms with Gasteiger partial charge in [-0.2, -0.15) is 16.8 Å². The topological polar surface area (TPSA) is 125 Å². The van der Waals surface area contributed by atoms with Gasteiger partial charge in [0.05, 0.1) is 10.7 Å². The monoisotopic (exact) mass is 523 g/mol. The number of hydrogen-bond acceptors (Lipinski definition) is 8. The zero-order chi connectivity index (χ0) is 20.3. The van der Waals surface area contributed by atoms with Gasteiger partial charge in [0.1, 0.15) is 12.2 Å². The van der Waals surface area contributed by atoms with Gasteiger partial charge < -0.3 is 5.32 Å². The molecule has 1 aliphatic heterocycles. The Morgan fingerprint density at radius 1 is 0.900 bits per heavy atom. The number of benzene rings is 2. The molecular formula is C16H12ClK2NO8S2. The molecule has 2 aromatic carbocycles. The van der Waals surface area contributed by atoms with Crippen LogP contribution in [0.3, 0.4) is 0 Å². The summed E-state index contributed by atoms with van der Waals surface area (Å²) in [6.07, 6.45) is -2.44. The van der Waals surface area contributed by atoms with Crippen LogP contribution in [0.2, 0.25) is 5.02 Å². The van der Waals surface area contributed by atoms with Gasteiger partial charge >= 0.3 is 20.8 Å². The van der Waals surface area contributed by atoms with Gasteiger partial charge in [-0.25, -0.2) is 8.37 Å². The third-order valence-electron chi connectivity index (χ3n) is 4.20. The minimum absolute atomic E-state index is 0. The van der Waals surface area contributed by atoms with E-state index in [0.717, 1.165) is 0 Å². The van der Waals surface area contributed by atoms with Gasteiger partial charge in [-0.3, -0.25) is 4.79 Å². The molecule has 0 aromatic heterocycles. The van der Waals surface area contributed by atoms with Crippen LogP contribution >= 0.6 is 11.6 Å². The van der Waals surface area contributed by atoms with Gasteiger partial charge in [-0.1, -0.05) is 35.9 Å². The number of halogens is 1. The van der Waals surface area contributed by atoms with Gasteiger partial charge in [0, 0.05) is 110 Å². The molecule has 1 aliphatic carbocycles. The summed E-state index contributed by atoms with van der Waals surface area (Å²) >= 11 is 6.22. The second-order valence-corrected chi connectivity index (χ2v) is 9.08. The second kappa shape index (κ2) is 10.3. The Morgan fingerprint density at radius 3 is 1.83 bits per heavy atom. The quantitative estimate of drug-likeness (QED) is 0.558. The van der Waals surface area contributed by atoms with Crippen molar-refractivity contribution in [2.45, 2.75) is 19.1 Å². The van der Waals surface area contributed by atoms with Crippen LogP contribution in [-0.2, 0) is 37.6 Å². The second-order valence-electron chi connectivity index (χ2n) is 6.11. The van der Waals surface area contributed by atoms with E-state index in [1.54, 1.807) is 24.3 Å². The van der Waals surface area contributed by atoms with E-state index in [0.29, 0.717) is 11.1 Å². The fourth-order valence-corrected chi connectivity index (χ4v) is 5.42. The number of carbonyl (C=O) groups excluding carboxylic acids is 1. The van der Waals surface area contributed by atoms with E-state index in [-0.39, 0.29) is 125 Å². The van der Waals surface area contributed by atoms with E-state index >= 15 is 0 Å². The molecule has 30 heavy (non-hydrogen) atoms. The molecule has 0 spiro atoms. The molecule has 0 saturated carbocycles. The van der Waals surface area contributed by atoms with Crippen LogP contribution in [-0.4, -0.2) is 126 Å². The maximum absolute atomic E-state index is 12.1. The largest absolute Gasteiger partial charge is 0.417 e. The zero-order valence-corrected chi connectivity index (χ0v) is 24.7. The van der Waals surface area contributed by atoms with Crippen molar-refractivity contribution >= 4 is 147 Å². The van der Waals surface area contributed by atoms with Crippen molar-refractivity contribution in [1.29, 1.82) is 0 Å². The van der Waals surface area contributed by atoms with E-state index in [4.69, 9.17) is 20.0 Å². The van der Waals surface area contributed by atoms with Crippen molar-refractivity contribution in [3.05, 3.63) is 63.7 Å². The number of anilines is 1. The first-order chi connectivity index (χ1) is 13.1. The maximum atomic E-state index is 12.1. The number of fused-ring (bicyclic) bond motifs is 3. The Bertz CT molecular complexity index is 1220. The van der Waals surface area contributed by atoms with E-state index in [9.17, 15) is 21.6 Å². The number of carbonyl (C=O) groups is 1. The smallest absolute Gasteiger partial charge is 0.325 e. The maximum Gasteiger partial charge on any atom is 0.417 e. The first-order valence-corrected chi connectivity index (χ1v) is 10.9. The van der Waals surface area contributed by atoms with Crippen LogP contribution in [0.5, 0.6) is 0 Å². The molecule has 2 atom stereocenters. The molecule has 9 nitrogen and oxygen atoms in total. The van der Waals surface area contributed by atoms with Crippen molar-refractivity contribution in [2.24, 2.45) is 0 Å². The fourth-order valence-electron chi connectivity index (χ4n) is 3.25. The van der Waals surface area contributed by atoms with Crippen molar-refractivity contribution in [1.82, 2.24) is 0 Å². The zero-order valence-electron chi connectivity index (χ0n) is 16.1. The molecule has 0 fully saturated rings. The van der Waals surface area contributed by atoms with Crippen molar-refractivity contribution in [3.8, 4) is 0 Å². The van der Waals surface area contributed by atoms with Gasteiger partial charge in [-0.15, -0.1) is 3.63 Å². The summed E-state index contributed by atoms with van der Waals surface area (Å²) in [5.41, 5.74) is 1.50. The molecule has 14 heteroatoms. The first kappa shape index (κ1) is 27.5. The third-order valence-corrected chi connectivity index (χ3v) is 6.71. The predicted octanol–water partition coefficient (Wildman–Crippen LogP) is 1.58. The van der Waals surface area contributed by atoms with Gasteiger partial charge in [0.25, 0.3) is 0 Å². The van der Waals surface area contributed by atoms with Gasteiger partial charge in [0.2, 0.25) is 5.91 Å². The summed E-state index contributed by atoms with van der Waals surface area (Å²) in [6, 6.07) is 9.27. The average Bonchev–Trinajstić information content (AvgIpc) is 2.62. The van der Waals surface area contributed by atoms with Crippen LogP contribution < -0.4 is 5.32 Å². The summed E-state index contributed by atoms with van der Waals surface area (Å²) in [5.74, 6) is -0.397.